The van der Waals surface area contributed by atoms with Crippen LogP contribution in [0.1, 0.15) is 0 Å². The molecule has 0 aliphatic carbocycles. The number of benzene rings is 8. The van der Waals surface area contributed by atoms with E-state index in [1.165, 1.54) is 32.7 Å². The van der Waals surface area contributed by atoms with E-state index in [-0.39, 0.29) is 0 Å². The molecule has 10 rings (SSSR count). The van der Waals surface area contributed by atoms with E-state index in [1.54, 1.807) is 0 Å². The van der Waals surface area contributed by atoms with Crippen LogP contribution in [-0.2, 0) is 0 Å². The van der Waals surface area contributed by atoms with Crippen molar-refractivity contribution in [2.75, 3.05) is 4.90 Å². The summed E-state index contributed by atoms with van der Waals surface area (Å²) in [6.45, 7) is 0. The molecule has 0 fully saturated rings. The predicted octanol–water partition coefficient (Wildman–Crippen LogP) is 13.0. The van der Waals surface area contributed by atoms with Gasteiger partial charge in [0.1, 0.15) is 11.2 Å². The zero-order valence-electron chi connectivity index (χ0n) is 26.6. The second-order valence-electron chi connectivity index (χ2n) is 12.6. The van der Waals surface area contributed by atoms with Crippen molar-refractivity contribution in [1.29, 1.82) is 0 Å². The van der Waals surface area contributed by atoms with E-state index in [1.807, 2.05) is 6.07 Å². The zero-order chi connectivity index (χ0) is 32.3. The molecule has 0 saturated carbocycles. The summed E-state index contributed by atoms with van der Waals surface area (Å²) in [5.74, 6) is 0. The highest BCUT2D eigenvalue weighted by Crippen LogP contribution is 2.46. The first kappa shape index (κ1) is 27.5. The molecule has 0 radical (unpaired) electrons. The number of para-hydroxylation sites is 3. The van der Waals surface area contributed by atoms with Crippen LogP contribution >= 0.6 is 0 Å². The Morgan fingerprint density at radius 1 is 0.408 bits per heavy atom. The third kappa shape index (κ3) is 4.37. The van der Waals surface area contributed by atoms with Gasteiger partial charge in [-0.3, -0.25) is 0 Å². The van der Waals surface area contributed by atoms with Crippen LogP contribution in [-0.4, -0.2) is 4.57 Å². The van der Waals surface area contributed by atoms with Crippen LogP contribution in [0.25, 0.3) is 71.3 Å². The lowest BCUT2D eigenvalue weighted by Gasteiger charge is -2.26. The Labute approximate surface area is 283 Å². The molecule has 0 N–H and O–H groups in total. The number of nitrogens with zero attached hydrogens (tertiary/aromatic N) is 2. The van der Waals surface area contributed by atoms with Gasteiger partial charge >= 0.3 is 0 Å². The Hall–Kier alpha value is -6.58. The summed E-state index contributed by atoms with van der Waals surface area (Å²) < 4.78 is 8.95. The maximum atomic E-state index is 6.57. The summed E-state index contributed by atoms with van der Waals surface area (Å²) in [6, 6.07) is 64.8. The summed E-state index contributed by atoms with van der Waals surface area (Å²) in [7, 11) is 0. The van der Waals surface area contributed by atoms with Crippen molar-refractivity contribution in [3.05, 3.63) is 182 Å². The third-order valence-corrected chi connectivity index (χ3v) is 9.74. The molecular formula is C46H30N2O. The van der Waals surface area contributed by atoms with Gasteiger partial charge in [-0.2, -0.15) is 0 Å². The third-order valence-electron chi connectivity index (χ3n) is 9.74. The summed E-state index contributed by atoms with van der Waals surface area (Å²) in [6.07, 6.45) is 0. The van der Waals surface area contributed by atoms with Crippen molar-refractivity contribution in [2.24, 2.45) is 0 Å². The van der Waals surface area contributed by atoms with Crippen LogP contribution in [0.5, 0.6) is 0 Å². The van der Waals surface area contributed by atoms with E-state index in [0.717, 1.165) is 55.7 Å². The smallest absolute Gasteiger partial charge is 0.138 e. The van der Waals surface area contributed by atoms with Gasteiger partial charge in [0.05, 0.1) is 11.0 Å². The van der Waals surface area contributed by atoms with Gasteiger partial charge in [-0.1, -0.05) is 115 Å². The molecule has 2 heterocycles. The Bertz CT molecular complexity index is 2810. The minimum atomic E-state index is 0.889. The maximum Gasteiger partial charge on any atom is 0.138 e. The second-order valence-corrected chi connectivity index (χ2v) is 12.6. The van der Waals surface area contributed by atoms with E-state index >= 15 is 0 Å². The highest BCUT2D eigenvalue weighted by atomic mass is 16.3. The van der Waals surface area contributed by atoms with E-state index in [2.05, 4.69) is 185 Å². The number of anilines is 3. The summed E-state index contributed by atoms with van der Waals surface area (Å²) in [5.41, 5.74) is 10.9. The van der Waals surface area contributed by atoms with E-state index in [9.17, 15) is 0 Å². The summed E-state index contributed by atoms with van der Waals surface area (Å²) >= 11 is 0. The molecule has 0 spiro atoms. The molecule has 0 saturated heterocycles. The fraction of sp³-hybridized carbons (Fsp3) is 0. The van der Waals surface area contributed by atoms with Crippen LogP contribution in [0.2, 0.25) is 0 Å². The fourth-order valence-electron chi connectivity index (χ4n) is 7.59. The Kier molecular flexibility index (Phi) is 6.18. The van der Waals surface area contributed by atoms with E-state index < -0.39 is 0 Å². The zero-order valence-corrected chi connectivity index (χ0v) is 26.6. The minimum absolute atomic E-state index is 0.889. The van der Waals surface area contributed by atoms with Crippen molar-refractivity contribution < 1.29 is 4.42 Å². The predicted molar refractivity (Wildman–Crippen MR) is 206 cm³/mol. The van der Waals surface area contributed by atoms with Crippen molar-refractivity contribution in [3.8, 4) is 16.8 Å². The molecule has 0 atom stereocenters. The molecule has 0 amide bonds. The molecule has 0 bridgehead atoms. The largest absolute Gasteiger partial charge is 0.456 e. The molecule has 10 aromatic rings. The lowest BCUT2D eigenvalue weighted by atomic mass is 9.94. The van der Waals surface area contributed by atoms with Crippen molar-refractivity contribution in [3.63, 3.8) is 0 Å². The van der Waals surface area contributed by atoms with Gasteiger partial charge in [-0.25, -0.2) is 0 Å². The fourth-order valence-corrected chi connectivity index (χ4v) is 7.59. The first-order valence-electron chi connectivity index (χ1n) is 16.7. The topological polar surface area (TPSA) is 21.3 Å². The van der Waals surface area contributed by atoms with Crippen molar-refractivity contribution in [2.45, 2.75) is 0 Å². The Balaban J connectivity index is 1.21. The van der Waals surface area contributed by atoms with Crippen LogP contribution in [0.4, 0.5) is 17.1 Å². The van der Waals surface area contributed by atoms with Gasteiger partial charge < -0.3 is 13.9 Å². The molecule has 49 heavy (non-hydrogen) atoms. The van der Waals surface area contributed by atoms with Gasteiger partial charge in [-0.05, 0) is 77.0 Å². The molecule has 0 aliphatic heterocycles. The van der Waals surface area contributed by atoms with Crippen LogP contribution in [0.15, 0.2) is 186 Å². The van der Waals surface area contributed by atoms with Gasteiger partial charge in [-0.15, -0.1) is 0 Å². The minimum Gasteiger partial charge on any atom is -0.456 e. The average Bonchev–Trinajstić information content (AvgIpc) is 3.70. The van der Waals surface area contributed by atoms with Gasteiger partial charge in [0.25, 0.3) is 0 Å². The molecule has 3 heteroatoms. The highest BCUT2D eigenvalue weighted by Gasteiger charge is 2.22. The van der Waals surface area contributed by atoms with E-state index in [4.69, 9.17) is 4.42 Å². The normalized spacial score (nSPS) is 11.7. The Morgan fingerprint density at radius 3 is 1.86 bits per heavy atom. The monoisotopic (exact) mass is 626 g/mol. The summed E-state index contributed by atoms with van der Waals surface area (Å²) in [5, 5.41) is 7.18. The Morgan fingerprint density at radius 2 is 1.04 bits per heavy atom. The number of furan rings is 1. The van der Waals surface area contributed by atoms with Crippen molar-refractivity contribution >= 4 is 71.6 Å². The number of aromatic nitrogens is 1. The van der Waals surface area contributed by atoms with Crippen LogP contribution in [0.3, 0.4) is 0 Å². The second kappa shape index (κ2) is 11.0. The molecule has 0 unspecified atom stereocenters. The van der Waals surface area contributed by atoms with E-state index in [0.29, 0.717) is 0 Å². The number of hydrogen-bond donors (Lipinski definition) is 0. The summed E-state index contributed by atoms with van der Waals surface area (Å²) in [4.78, 5) is 2.33. The molecule has 230 valence electrons. The maximum absolute atomic E-state index is 6.57. The molecule has 8 aromatic carbocycles. The number of hydrogen-bond acceptors (Lipinski definition) is 2. The van der Waals surface area contributed by atoms with Crippen LogP contribution < -0.4 is 4.90 Å². The average molecular weight is 627 g/mol. The van der Waals surface area contributed by atoms with Gasteiger partial charge in [0.2, 0.25) is 0 Å². The quantitative estimate of drug-likeness (QED) is 0.190. The van der Waals surface area contributed by atoms with Crippen LogP contribution in [0, 0.1) is 0 Å². The van der Waals surface area contributed by atoms with Crippen molar-refractivity contribution in [1.82, 2.24) is 4.57 Å². The first-order valence-corrected chi connectivity index (χ1v) is 16.7. The molecule has 3 nitrogen and oxygen atoms in total. The first-order chi connectivity index (χ1) is 24.3. The molecular weight excluding hydrogens is 597 g/mol. The SMILES string of the molecule is c1ccc(-c2c3c(cc4c2c2ccccc2n4-c2ccc(N(c4ccccc4)c4ccc5ccccc5c4)cc2)oc2ccccc23)cc1. The lowest BCUT2D eigenvalue weighted by Crippen LogP contribution is -2.10. The number of rotatable bonds is 5. The standard InChI is InChI=1S/C46H30N2O/c1-3-14-32(15-4-1)44-45-38-19-9-11-21-40(38)48(41(45)30-43-46(44)39-20-10-12-22-42(39)49-43)36-27-25-35(26-28-36)47(34-17-5-2-6-18-34)37-24-23-31-13-7-8-16-33(31)29-37/h1-30H. The molecule has 2 aromatic heterocycles. The van der Waals surface area contributed by atoms with Gasteiger partial charge in [0.15, 0.2) is 0 Å². The number of fused-ring (bicyclic) bond motifs is 7. The molecule has 0 aliphatic rings. The lowest BCUT2D eigenvalue weighted by molar-refractivity contribution is 0.669. The van der Waals surface area contributed by atoms with Gasteiger partial charge in [0, 0.05) is 55.9 Å². The highest BCUT2D eigenvalue weighted by molar-refractivity contribution is 6.27.